The van der Waals surface area contributed by atoms with Gasteiger partial charge >= 0.3 is 0 Å². The Morgan fingerprint density at radius 3 is 2.80 bits per heavy atom. The SMILES string of the molecule is COc1c(Br)ccc(Nc2ncc(C)c(NC3=CCCC=C3)n2)c1F. The van der Waals surface area contributed by atoms with Crippen molar-refractivity contribution in [3.05, 3.63) is 58.1 Å². The third-order valence-corrected chi connectivity index (χ3v) is 4.35. The van der Waals surface area contributed by atoms with Crippen LogP contribution in [-0.2, 0) is 0 Å². The lowest BCUT2D eigenvalue weighted by atomic mass is 10.1. The Bertz CT molecular complexity index is 851. The number of nitrogens with one attached hydrogen (secondary N) is 2. The van der Waals surface area contributed by atoms with Crippen LogP contribution in [0, 0.1) is 12.7 Å². The minimum absolute atomic E-state index is 0.132. The molecule has 0 saturated carbocycles. The van der Waals surface area contributed by atoms with Gasteiger partial charge in [0.05, 0.1) is 17.3 Å². The van der Waals surface area contributed by atoms with E-state index in [1.165, 1.54) is 7.11 Å². The van der Waals surface area contributed by atoms with Gasteiger partial charge in [0.1, 0.15) is 5.82 Å². The molecule has 5 nitrogen and oxygen atoms in total. The molecule has 1 aromatic carbocycles. The Labute approximate surface area is 154 Å². The number of aromatic nitrogens is 2. The van der Waals surface area contributed by atoms with E-state index in [9.17, 15) is 4.39 Å². The highest BCUT2D eigenvalue weighted by molar-refractivity contribution is 9.10. The van der Waals surface area contributed by atoms with Crippen LogP contribution >= 0.6 is 15.9 Å². The van der Waals surface area contributed by atoms with E-state index in [1.54, 1.807) is 18.3 Å². The molecule has 130 valence electrons. The molecule has 1 heterocycles. The zero-order chi connectivity index (χ0) is 17.8. The van der Waals surface area contributed by atoms with E-state index in [0.29, 0.717) is 16.2 Å². The third kappa shape index (κ3) is 3.99. The van der Waals surface area contributed by atoms with Crippen molar-refractivity contribution in [2.75, 3.05) is 17.7 Å². The van der Waals surface area contributed by atoms with Crippen molar-refractivity contribution < 1.29 is 9.13 Å². The highest BCUT2D eigenvalue weighted by Gasteiger charge is 2.14. The summed E-state index contributed by atoms with van der Waals surface area (Å²) in [4.78, 5) is 8.68. The van der Waals surface area contributed by atoms with Crippen LogP contribution in [0.3, 0.4) is 0 Å². The van der Waals surface area contributed by atoms with Gasteiger partial charge < -0.3 is 15.4 Å². The maximum Gasteiger partial charge on any atom is 0.229 e. The number of allylic oxidation sites excluding steroid dienone is 3. The first-order valence-electron chi connectivity index (χ1n) is 7.85. The standard InChI is InChI=1S/C18H18BrFN4O/c1-11-10-21-18(24-17(11)22-12-6-4-3-5-7-12)23-14-9-8-13(19)16(25-2)15(14)20/h4,6-10H,3,5H2,1-2H3,(H2,21,22,23,24). The van der Waals surface area contributed by atoms with Crippen LogP contribution in [0.1, 0.15) is 18.4 Å². The van der Waals surface area contributed by atoms with Gasteiger partial charge in [0.2, 0.25) is 5.95 Å². The lowest BCUT2D eigenvalue weighted by molar-refractivity contribution is 0.385. The molecule has 25 heavy (non-hydrogen) atoms. The number of anilines is 3. The monoisotopic (exact) mass is 404 g/mol. The minimum Gasteiger partial charge on any atom is -0.492 e. The second-order valence-electron chi connectivity index (χ2n) is 5.56. The maximum atomic E-state index is 14.5. The second kappa shape index (κ2) is 7.65. The number of rotatable bonds is 5. The summed E-state index contributed by atoms with van der Waals surface area (Å²) in [6.07, 6.45) is 10.00. The van der Waals surface area contributed by atoms with E-state index in [0.717, 1.165) is 24.1 Å². The smallest absolute Gasteiger partial charge is 0.229 e. The summed E-state index contributed by atoms with van der Waals surface area (Å²) in [6.45, 7) is 1.92. The summed E-state index contributed by atoms with van der Waals surface area (Å²) in [7, 11) is 1.42. The molecule has 0 fully saturated rings. The van der Waals surface area contributed by atoms with Crippen LogP contribution in [0.5, 0.6) is 5.75 Å². The fourth-order valence-corrected chi connectivity index (χ4v) is 2.88. The fourth-order valence-electron chi connectivity index (χ4n) is 2.41. The molecule has 7 heteroatoms. The number of aryl methyl sites for hydroxylation is 1. The molecule has 3 rings (SSSR count). The van der Waals surface area contributed by atoms with Crippen LogP contribution in [0.4, 0.5) is 21.8 Å². The summed E-state index contributed by atoms with van der Waals surface area (Å²) in [6, 6.07) is 3.31. The Morgan fingerprint density at radius 2 is 2.08 bits per heavy atom. The van der Waals surface area contributed by atoms with E-state index >= 15 is 0 Å². The molecule has 0 amide bonds. The fraction of sp³-hybridized carbons (Fsp3) is 0.222. The molecule has 0 aliphatic heterocycles. The number of hydrogen-bond acceptors (Lipinski definition) is 5. The van der Waals surface area contributed by atoms with Crippen molar-refractivity contribution in [2.45, 2.75) is 19.8 Å². The molecule has 0 unspecified atom stereocenters. The molecule has 2 aromatic rings. The van der Waals surface area contributed by atoms with Gasteiger partial charge in [-0.3, -0.25) is 0 Å². The quantitative estimate of drug-likeness (QED) is 0.726. The van der Waals surface area contributed by atoms with Gasteiger partial charge in [-0.15, -0.1) is 0 Å². The molecule has 1 aliphatic carbocycles. The highest BCUT2D eigenvalue weighted by atomic mass is 79.9. The number of halogens is 2. The van der Waals surface area contributed by atoms with Gasteiger partial charge in [-0.05, 0) is 53.9 Å². The van der Waals surface area contributed by atoms with Gasteiger partial charge in [-0.25, -0.2) is 9.37 Å². The molecule has 0 atom stereocenters. The van der Waals surface area contributed by atoms with Crippen molar-refractivity contribution in [3.63, 3.8) is 0 Å². The Balaban J connectivity index is 1.85. The van der Waals surface area contributed by atoms with Gasteiger partial charge in [-0.1, -0.05) is 12.2 Å². The van der Waals surface area contributed by atoms with Gasteiger partial charge in [0, 0.05) is 17.5 Å². The van der Waals surface area contributed by atoms with Crippen molar-refractivity contribution in [1.82, 2.24) is 9.97 Å². The average molecular weight is 405 g/mol. The predicted molar refractivity (Wildman–Crippen MR) is 101 cm³/mol. The van der Waals surface area contributed by atoms with Gasteiger partial charge in [0.25, 0.3) is 0 Å². The van der Waals surface area contributed by atoms with Crippen LogP contribution < -0.4 is 15.4 Å². The van der Waals surface area contributed by atoms with E-state index in [4.69, 9.17) is 4.74 Å². The molecule has 0 saturated heterocycles. The van der Waals surface area contributed by atoms with Gasteiger partial charge in [-0.2, -0.15) is 4.98 Å². The van der Waals surface area contributed by atoms with E-state index in [1.807, 2.05) is 13.0 Å². The topological polar surface area (TPSA) is 59.1 Å². The van der Waals surface area contributed by atoms with Crippen molar-refractivity contribution >= 4 is 33.4 Å². The molecule has 1 aromatic heterocycles. The number of methoxy groups -OCH3 is 1. The minimum atomic E-state index is -0.506. The Kier molecular flexibility index (Phi) is 5.33. The largest absolute Gasteiger partial charge is 0.492 e. The van der Waals surface area contributed by atoms with Crippen LogP contribution in [0.15, 0.2) is 46.7 Å². The van der Waals surface area contributed by atoms with Crippen molar-refractivity contribution in [3.8, 4) is 5.75 Å². The third-order valence-electron chi connectivity index (χ3n) is 3.73. The first-order chi connectivity index (χ1) is 12.1. The van der Waals surface area contributed by atoms with E-state index < -0.39 is 5.82 Å². The molecule has 0 radical (unpaired) electrons. The number of benzene rings is 1. The highest BCUT2D eigenvalue weighted by Crippen LogP contribution is 2.33. The molecule has 0 bridgehead atoms. The van der Waals surface area contributed by atoms with Gasteiger partial charge in [0.15, 0.2) is 11.6 Å². The summed E-state index contributed by atoms with van der Waals surface area (Å²) >= 11 is 3.26. The predicted octanol–water partition coefficient (Wildman–Crippen LogP) is 5.08. The summed E-state index contributed by atoms with van der Waals surface area (Å²) in [5, 5.41) is 6.18. The molecular weight excluding hydrogens is 387 g/mol. The van der Waals surface area contributed by atoms with Crippen molar-refractivity contribution in [1.29, 1.82) is 0 Å². The molecular formula is C18H18BrFN4O. The van der Waals surface area contributed by atoms with Crippen LogP contribution in [0.2, 0.25) is 0 Å². The first-order valence-corrected chi connectivity index (χ1v) is 8.64. The lowest BCUT2D eigenvalue weighted by Gasteiger charge is -2.14. The first kappa shape index (κ1) is 17.4. The zero-order valence-electron chi connectivity index (χ0n) is 13.9. The Morgan fingerprint density at radius 1 is 1.24 bits per heavy atom. The average Bonchev–Trinajstić information content (AvgIpc) is 2.62. The molecule has 1 aliphatic rings. The normalized spacial score (nSPS) is 13.4. The summed E-state index contributed by atoms with van der Waals surface area (Å²) in [5.74, 6) is 0.609. The van der Waals surface area contributed by atoms with Crippen LogP contribution in [0.25, 0.3) is 0 Å². The summed E-state index contributed by atoms with van der Waals surface area (Å²) < 4.78 is 20.1. The van der Waals surface area contributed by atoms with E-state index in [-0.39, 0.29) is 11.4 Å². The Hall–Kier alpha value is -2.41. The number of hydrogen-bond donors (Lipinski definition) is 2. The van der Waals surface area contributed by atoms with E-state index in [2.05, 4.69) is 48.7 Å². The van der Waals surface area contributed by atoms with Crippen molar-refractivity contribution in [2.24, 2.45) is 0 Å². The maximum absolute atomic E-state index is 14.5. The zero-order valence-corrected chi connectivity index (χ0v) is 15.5. The summed E-state index contributed by atoms with van der Waals surface area (Å²) in [5.41, 5.74) is 2.14. The second-order valence-corrected chi connectivity index (χ2v) is 6.41. The van der Waals surface area contributed by atoms with Crippen LogP contribution in [-0.4, -0.2) is 17.1 Å². The molecule has 2 N–H and O–H groups in total. The number of ether oxygens (including phenoxy) is 1. The molecule has 0 spiro atoms. The number of nitrogens with zero attached hydrogens (tertiary/aromatic N) is 2. The lowest BCUT2D eigenvalue weighted by Crippen LogP contribution is -2.07.